The van der Waals surface area contributed by atoms with Crippen LogP contribution in [0, 0.1) is 0 Å². The molecule has 12 rings (SSSR count). The summed E-state index contributed by atoms with van der Waals surface area (Å²) in [7, 11) is -16.9. The highest BCUT2D eigenvalue weighted by Gasteiger charge is 2.68. The van der Waals surface area contributed by atoms with Gasteiger partial charge in [-0.25, -0.2) is 4.98 Å². The van der Waals surface area contributed by atoms with E-state index >= 15 is 0 Å². The number of benzene rings is 7. The number of hydrogen-bond acceptors (Lipinski definition) is 8. The summed E-state index contributed by atoms with van der Waals surface area (Å²) < 4.78 is 138. The monoisotopic (exact) mass is 909 g/mol. The van der Waals surface area contributed by atoms with Crippen LogP contribution in [0.2, 0.25) is 25.9 Å². The van der Waals surface area contributed by atoms with Gasteiger partial charge >= 0.3 is 0 Å². The van der Waals surface area contributed by atoms with E-state index in [4.69, 9.17) is 18.6 Å². The number of para-hydroxylation sites is 6. The number of aromatic nitrogens is 7. The van der Waals surface area contributed by atoms with Gasteiger partial charge in [-0.05, 0) is 63.2 Å². The summed E-state index contributed by atoms with van der Waals surface area (Å²) in [6, 6.07) is 53.7. The minimum absolute atomic E-state index is 0.154. The molecule has 0 atom stereocenters. The van der Waals surface area contributed by atoms with Gasteiger partial charge in [0.1, 0.15) is 11.5 Å². The molecule has 0 unspecified atom stereocenters. The zero-order chi connectivity index (χ0) is 54.0. The fourth-order valence-corrected chi connectivity index (χ4v) is 22.0. The maximum Gasteiger partial charge on any atom is 0.220 e. The SMILES string of the molecule is [2H]C([2H])([2H])[Si](c1nnco1)(C([2H])([2H])[2H])C1([Si](c2nnco2)(C([2H])([2H])[2H])C([2H])([2H])[2H])c2ccccc2Oc2c1cccc2[Si](c1ccccc1)(c1ccccc1)c1cccc(-n2c3ccccc3n3c4ccccc4nc23)c1. The number of rotatable bonds is 9. The first-order valence-corrected chi connectivity index (χ1v) is 26.8. The van der Waals surface area contributed by atoms with Crippen molar-refractivity contribution in [3.05, 3.63) is 200 Å². The summed E-state index contributed by atoms with van der Waals surface area (Å²) in [5.74, 6) is 0.290. The molecule has 0 aliphatic carbocycles. The number of nitrogens with zero attached hydrogens (tertiary/aromatic N) is 7. The Bertz CT molecular complexity index is 3880. The zero-order valence-corrected chi connectivity index (χ0v) is 37.3. The molecule has 0 N–H and O–H groups in total. The highest BCUT2D eigenvalue weighted by Crippen LogP contribution is 2.56. The van der Waals surface area contributed by atoms with Gasteiger partial charge in [-0.2, -0.15) is 0 Å². The first kappa shape index (κ1) is 28.4. The van der Waals surface area contributed by atoms with Crippen LogP contribution in [0.25, 0.3) is 33.5 Å². The van der Waals surface area contributed by atoms with Crippen molar-refractivity contribution in [2.24, 2.45) is 0 Å². The third-order valence-electron chi connectivity index (χ3n) is 12.9. The molecule has 0 spiro atoms. The quantitative estimate of drug-likeness (QED) is 0.110. The summed E-state index contributed by atoms with van der Waals surface area (Å²) in [5, 5.41) is 18.6. The molecule has 0 bridgehead atoms. The molecule has 65 heavy (non-hydrogen) atoms. The molecule has 7 aromatic carbocycles. The lowest BCUT2D eigenvalue weighted by atomic mass is 9.98. The van der Waals surface area contributed by atoms with Crippen LogP contribution in [-0.2, 0) is 4.66 Å². The van der Waals surface area contributed by atoms with E-state index in [2.05, 4.69) is 35.4 Å². The molecule has 0 fully saturated rings. The predicted octanol–water partition coefficient (Wildman–Crippen LogP) is 7.28. The van der Waals surface area contributed by atoms with Crippen molar-refractivity contribution in [3.63, 3.8) is 0 Å². The Morgan fingerprint density at radius 3 is 1.77 bits per heavy atom. The Hall–Kier alpha value is -7.46. The van der Waals surface area contributed by atoms with Crippen molar-refractivity contribution in [2.75, 3.05) is 0 Å². The molecule has 10 nitrogen and oxygen atoms in total. The van der Waals surface area contributed by atoms with Gasteiger partial charge < -0.3 is 13.6 Å². The van der Waals surface area contributed by atoms with Gasteiger partial charge in [-0.1, -0.05) is 159 Å². The molecule has 1 aliphatic rings. The van der Waals surface area contributed by atoms with E-state index in [9.17, 15) is 16.4 Å². The number of imidazole rings is 2. The average molecular weight is 910 g/mol. The van der Waals surface area contributed by atoms with Gasteiger partial charge in [0.15, 0.2) is 35.2 Å². The van der Waals surface area contributed by atoms with Gasteiger partial charge in [0.25, 0.3) is 0 Å². The van der Waals surface area contributed by atoms with E-state index in [0.29, 0.717) is 11.0 Å². The minimum Gasteiger partial charge on any atom is -0.457 e. The van der Waals surface area contributed by atoms with Gasteiger partial charge in [0.2, 0.25) is 18.6 Å². The van der Waals surface area contributed by atoms with Crippen LogP contribution in [0.1, 0.15) is 27.6 Å². The molecule has 0 radical (unpaired) electrons. The summed E-state index contributed by atoms with van der Waals surface area (Å²) in [5.41, 5.74) is 1.63. The summed E-state index contributed by atoms with van der Waals surface area (Å²) in [6.07, 6.45) is 1.52. The first-order valence-electron chi connectivity index (χ1n) is 26.8. The Kier molecular flexibility index (Phi) is 6.34. The maximum absolute atomic E-state index is 9.80. The third-order valence-corrected chi connectivity index (χ3v) is 24.9. The lowest BCUT2D eigenvalue weighted by molar-refractivity contribution is 0.451. The van der Waals surface area contributed by atoms with Crippen molar-refractivity contribution < 1.29 is 30.0 Å². The lowest BCUT2D eigenvalue weighted by Crippen LogP contribution is -2.77. The topological polar surface area (TPSA) is 109 Å². The molecule has 316 valence electrons. The van der Waals surface area contributed by atoms with Crippen LogP contribution in [0.5, 0.6) is 11.5 Å². The molecule has 4 aromatic heterocycles. The lowest BCUT2D eigenvalue weighted by Gasteiger charge is -2.54. The second-order valence-corrected chi connectivity index (χ2v) is 25.7. The van der Waals surface area contributed by atoms with Crippen molar-refractivity contribution in [1.29, 1.82) is 0 Å². The molecule has 1 aliphatic heterocycles. The molecule has 0 saturated heterocycles. The van der Waals surface area contributed by atoms with Crippen molar-refractivity contribution in [3.8, 4) is 17.2 Å². The normalized spacial score (nSPS) is 17.3. The molecule has 11 aromatic rings. The second kappa shape index (κ2) is 14.5. The standard InChI is InChI=1S/C52H43N7O3Si3/c1-63(2,50-56-53-34-60-50)52(64(3,4)51-57-54-35-61-51)40-25-11-16-31-46(40)62-48-41(52)26-18-32-47(48)65(37-20-7-5-8-21-37,38-22-9-6-10-23-38)39-24-17-19-36(33-39)58-44-29-14-15-30-45(44)59-43-28-13-12-27-42(43)55-49(58)59/h5-35H,1-4H3/i1D3,2D3,3D3,4D3. The predicted molar refractivity (Wildman–Crippen MR) is 263 cm³/mol. The number of hydrogen-bond donors (Lipinski definition) is 0. The maximum atomic E-state index is 9.80. The zero-order valence-electron chi connectivity index (χ0n) is 46.3. The second-order valence-electron chi connectivity index (χ2n) is 16.1. The van der Waals surface area contributed by atoms with Crippen LogP contribution >= 0.6 is 0 Å². The molecule has 0 amide bonds. The largest absolute Gasteiger partial charge is 0.457 e. The van der Waals surface area contributed by atoms with E-state index in [1.807, 2.05) is 133 Å². The van der Waals surface area contributed by atoms with E-state index in [0.717, 1.165) is 56.1 Å². The third kappa shape index (κ3) is 5.34. The highest BCUT2D eigenvalue weighted by atomic mass is 28.4. The Morgan fingerprint density at radius 2 is 1.11 bits per heavy atom. The van der Waals surface area contributed by atoms with Crippen LogP contribution in [-0.4, -0.2) is 58.6 Å². The summed E-state index contributed by atoms with van der Waals surface area (Å²) in [4.78, 5) is 5.16. The Labute approximate surface area is 394 Å². The van der Waals surface area contributed by atoms with Crippen LogP contribution in [0.3, 0.4) is 0 Å². The van der Waals surface area contributed by atoms with Gasteiger partial charge in [0.05, 0.1) is 22.1 Å². The summed E-state index contributed by atoms with van der Waals surface area (Å²) in [6.45, 7) is -15.2. The summed E-state index contributed by atoms with van der Waals surface area (Å²) >= 11 is 0. The first-order chi connectivity index (χ1) is 36.8. The van der Waals surface area contributed by atoms with E-state index in [1.54, 1.807) is 12.1 Å². The fraction of sp³-hybridized carbons (Fsp3) is 0.0962. The number of ether oxygens (including phenoxy) is 1. The van der Waals surface area contributed by atoms with E-state index < -0.39 is 65.8 Å². The fourth-order valence-electron chi connectivity index (χ4n) is 10.3. The highest BCUT2D eigenvalue weighted by molar-refractivity contribution is 7.20. The van der Waals surface area contributed by atoms with E-state index in [1.165, 1.54) is 24.3 Å². The van der Waals surface area contributed by atoms with Gasteiger partial charge in [-0.3, -0.25) is 8.97 Å². The smallest absolute Gasteiger partial charge is 0.220 e. The molecule has 0 saturated carbocycles. The van der Waals surface area contributed by atoms with Crippen molar-refractivity contribution >= 4 is 83.8 Å². The van der Waals surface area contributed by atoms with Gasteiger partial charge in [-0.15, -0.1) is 20.4 Å². The molecule has 13 heteroatoms. The number of fused-ring (bicyclic) bond motifs is 7. The van der Waals surface area contributed by atoms with Gasteiger partial charge in [0, 0.05) is 37.9 Å². The van der Waals surface area contributed by atoms with E-state index in [-0.39, 0.29) is 22.6 Å². The van der Waals surface area contributed by atoms with Crippen molar-refractivity contribution in [1.82, 2.24) is 34.3 Å². The molecular formula is C52H43N7O3Si3. The average Bonchev–Trinajstić information content (AvgIpc) is 4.41. The minimum atomic E-state index is -6.42. The molecule has 5 heterocycles. The van der Waals surface area contributed by atoms with Crippen LogP contribution in [0.15, 0.2) is 198 Å². The Balaban J connectivity index is 1.31. The van der Waals surface area contributed by atoms with Crippen LogP contribution < -0.4 is 36.5 Å². The van der Waals surface area contributed by atoms with Crippen molar-refractivity contribution in [2.45, 2.75) is 30.6 Å². The Morgan fingerprint density at radius 1 is 0.538 bits per heavy atom. The molecular weight excluding hydrogens is 855 g/mol. The van der Waals surface area contributed by atoms with Crippen LogP contribution in [0.4, 0.5) is 0 Å².